The molecule has 19 heavy (non-hydrogen) atoms. The molecule has 0 bridgehead atoms. The first-order valence-electron chi connectivity index (χ1n) is 6.81. The third-order valence-electron chi connectivity index (χ3n) is 3.42. The molecule has 2 rings (SSSR count). The monoisotopic (exact) mass is 266 g/mol. The first-order chi connectivity index (χ1) is 9.24. The fourth-order valence-electron chi connectivity index (χ4n) is 2.37. The summed E-state index contributed by atoms with van der Waals surface area (Å²) in [5, 5.41) is 0. The fourth-order valence-corrected chi connectivity index (χ4v) is 2.37. The van der Waals surface area contributed by atoms with E-state index in [4.69, 9.17) is 15.3 Å². The van der Waals surface area contributed by atoms with Gasteiger partial charge in [0.25, 0.3) is 0 Å². The van der Waals surface area contributed by atoms with Crippen LogP contribution < -0.4 is 11.3 Å². The van der Waals surface area contributed by atoms with Gasteiger partial charge in [-0.3, -0.25) is 0 Å². The summed E-state index contributed by atoms with van der Waals surface area (Å²) in [4.78, 5) is 9.11. The lowest BCUT2D eigenvalue weighted by Crippen LogP contribution is -2.38. The lowest BCUT2D eigenvalue weighted by Gasteiger charge is -2.35. The van der Waals surface area contributed by atoms with E-state index >= 15 is 0 Å². The Morgan fingerprint density at radius 3 is 2.68 bits per heavy atom. The summed E-state index contributed by atoms with van der Waals surface area (Å²) >= 11 is 0. The standard InChI is InChI=1S/C13H22N4O2/c1-3-10-9-11(17-14)16-12(15-10)13(19-4-2)5-7-18-8-6-13/h9H,3-8,14H2,1-2H3,(H,15,16,17). The van der Waals surface area contributed by atoms with Gasteiger partial charge in [0.2, 0.25) is 0 Å². The van der Waals surface area contributed by atoms with E-state index in [0.717, 1.165) is 25.0 Å². The normalized spacial score (nSPS) is 18.3. The summed E-state index contributed by atoms with van der Waals surface area (Å²) in [6.07, 6.45) is 2.39. The van der Waals surface area contributed by atoms with Gasteiger partial charge >= 0.3 is 0 Å². The predicted octanol–water partition coefficient (Wildman–Crippen LogP) is 1.37. The number of hydrazine groups is 1. The van der Waals surface area contributed by atoms with E-state index in [1.54, 1.807) is 0 Å². The Morgan fingerprint density at radius 1 is 1.37 bits per heavy atom. The number of aromatic nitrogens is 2. The zero-order valence-corrected chi connectivity index (χ0v) is 11.6. The number of ether oxygens (including phenoxy) is 2. The molecular weight excluding hydrogens is 244 g/mol. The van der Waals surface area contributed by atoms with E-state index in [1.165, 1.54) is 0 Å². The van der Waals surface area contributed by atoms with Crippen LogP contribution in [0.1, 0.15) is 38.2 Å². The van der Waals surface area contributed by atoms with Gasteiger partial charge in [-0.1, -0.05) is 6.92 Å². The molecule has 1 aliphatic heterocycles. The minimum absolute atomic E-state index is 0.441. The number of aryl methyl sites for hydroxylation is 1. The molecule has 0 atom stereocenters. The first-order valence-corrected chi connectivity index (χ1v) is 6.81. The molecule has 6 heteroatoms. The topological polar surface area (TPSA) is 82.3 Å². The van der Waals surface area contributed by atoms with Gasteiger partial charge in [-0.25, -0.2) is 15.8 Å². The highest BCUT2D eigenvalue weighted by Gasteiger charge is 2.38. The molecule has 0 saturated carbocycles. The van der Waals surface area contributed by atoms with Crippen LogP contribution in [0.25, 0.3) is 0 Å². The molecular formula is C13H22N4O2. The van der Waals surface area contributed by atoms with Crippen LogP contribution in [0.15, 0.2) is 6.07 Å². The lowest BCUT2D eigenvalue weighted by molar-refractivity contribution is -0.117. The molecule has 1 aliphatic rings. The largest absolute Gasteiger partial charge is 0.381 e. The van der Waals surface area contributed by atoms with Gasteiger partial charge in [-0.05, 0) is 13.3 Å². The summed E-state index contributed by atoms with van der Waals surface area (Å²) in [6, 6.07) is 1.86. The number of nitrogens with one attached hydrogen (secondary N) is 1. The van der Waals surface area contributed by atoms with Gasteiger partial charge in [0.05, 0.1) is 0 Å². The summed E-state index contributed by atoms with van der Waals surface area (Å²) < 4.78 is 11.4. The SMILES string of the molecule is CCOC1(c2nc(CC)cc(NN)n2)CCOCC1. The molecule has 0 spiro atoms. The van der Waals surface area contributed by atoms with E-state index < -0.39 is 5.60 Å². The maximum Gasteiger partial charge on any atom is 0.163 e. The second-order valence-electron chi connectivity index (χ2n) is 4.61. The molecule has 0 amide bonds. The highest BCUT2D eigenvalue weighted by molar-refractivity contribution is 5.35. The highest BCUT2D eigenvalue weighted by atomic mass is 16.5. The number of hydrogen-bond donors (Lipinski definition) is 2. The molecule has 3 N–H and O–H groups in total. The zero-order chi connectivity index (χ0) is 13.7. The van der Waals surface area contributed by atoms with Crippen LogP contribution in [0.4, 0.5) is 5.82 Å². The fraction of sp³-hybridized carbons (Fsp3) is 0.692. The third kappa shape index (κ3) is 3.02. The van der Waals surface area contributed by atoms with Crippen molar-refractivity contribution in [3.8, 4) is 0 Å². The van der Waals surface area contributed by atoms with Crippen LogP contribution in [-0.2, 0) is 21.5 Å². The van der Waals surface area contributed by atoms with Crippen molar-refractivity contribution in [3.63, 3.8) is 0 Å². The molecule has 0 aliphatic carbocycles. The van der Waals surface area contributed by atoms with Crippen LogP contribution in [0.3, 0.4) is 0 Å². The van der Waals surface area contributed by atoms with Gasteiger partial charge in [0.1, 0.15) is 11.4 Å². The smallest absolute Gasteiger partial charge is 0.163 e. The Balaban J connectivity index is 2.39. The molecule has 1 aromatic heterocycles. The summed E-state index contributed by atoms with van der Waals surface area (Å²) in [7, 11) is 0. The van der Waals surface area contributed by atoms with Crippen molar-refractivity contribution < 1.29 is 9.47 Å². The number of nitrogen functional groups attached to an aromatic ring is 1. The second kappa shape index (κ2) is 6.27. The Kier molecular flexibility index (Phi) is 4.68. The zero-order valence-electron chi connectivity index (χ0n) is 11.6. The molecule has 6 nitrogen and oxygen atoms in total. The van der Waals surface area contributed by atoms with Crippen LogP contribution in [0.2, 0.25) is 0 Å². The molecule has 2 heterocycles. The van der Waals surface area contributed by atoms with Crippen LogP contribution in [-0.4, -0.2) is 29.8 Å². The minimum Gasteiger partial charge on any atom is -0.381 e. The second-order valence-corrected chi connectivity index (χ2v) is 4.61. The summed E-state index contributed by atoms with van der Waals surface area (Å²) in [5.74, 6) is 6.83. The van der Waals surface area contributed by atoms with Crippen molar-refractivity contribution in [3.05, 3.63) is 17.6 Å². The van der Waals surface area contributed by atoms with Crippen molar-refractivity contribution in [2.45, 2.75) is 38.7 Å². The number of hydrogen-bond acceptors (Lipinski definition) is 6. The summed E-state index contributed by atoms with van der Waals surface area (Å²) in [6.45, 7) is 6.02. The molecule has 0 unspecified atom stereocenters. The van der Waals surface area contributed by atoms with Crippen molar-refractivity contribution in [2.24, 2.45) is 5.84 Å². The first kappa shape index (κ1) is 14.2. The van der Waals surface area contributed by atoms with Crippen molar-refractivity contribution in [1.29, 1.82) is 0 Å². The lowest BCUT2D eigenvalue weighted by atomic mass is 9.92. The summed E-state index contributed by atoms with van der Waals surface area (Å²) in [5.41, 5.74) is 3.12. The quantitative estimate of drug-likeness (QED) is 0.618. The average Bonchev–Trinajstić information content (AvgIpc) is 2.48. The Bertz CT molecular complexity index is 391. The average molecular weight is 266 g/mol. The van der Waals surface area contributed by atoms with Gasteiger partial charge in [0.15, 0.2) is 5.82 Å². The molecule has 106 valence electrons. The van der Waals surface area contributed by atoms with E-state index in [0.29, 0.717) is 31.5 Å². The van der Waals surface area contributed by atoms with Crippen LogP contribution in [0.5, 0.6) is 0 Å². The number of nitrogens with two attached hydrogens (primary N) is 1. The van der Waals surface area contributed by atoms with E-state index in [2.05, 4.69) is 22.3 Å². The Hall–Kier alpha value is -1.24. The van der Waals surface area contributed by atoms with Crippen LogP contribution in [0, 0.1) is 0 Å². The maximum absolute atomic E-state index is 5.98. The van der Waals surface area contributed by atoms with E-state index in [9.17, 15) is 0 Å². The Morgan fingerprint density at radius 2 is 2.11 bits per heavy atom. The molecule has 1 aromatic rings. The van der Waals surface area contributed by atoms with Crippen molar-refractivity contribution in [2.75, 3.05) is 25.2 Å². The molecule has 0 aromatic carbocycles. The Labute approximate surface area is 113 Å². The van der Waals surface area contributed by atoms with Gasteiger partial charge < -0.3 is 14.9 Å². The highest BCUT2D eigenvalue weighted by Crippen LogP contribution is 2.34. The molecule has 1 saturated heterocycles. The third-order valence-corrected chi connectivity index (χ3v) is 3.42. The number of anilines is 1. The number of rotatable bonds is 5. The predicted molar refractivity (Wildman–Crippen MR) is 72.6 cm³/mol. The van der Waals surface area contributed by atoms with Gasteiger partial charge in [-0.2, -0.15) is 0 Å². The van der Waals surface area contributed by atoms with Crippen LogP contribution >= 0.6 is 0 Å². The van der Waals surface area contributed by atoms with Crippen molar-refractivity contribution >= 4 is 5.82 Å². The van der Waals surface area contributed by atoms with Crippen molar-refractivity contribution in [1.82, 2.24) is 9.97 Å². The van der Waals surface area contributed by atoms with E-state index in [-0.39, 0.29) is 0 Å². The molecule has 0 radical (unpaired) electrons. The maximum atomic E-state index is 5.98. The number of nitrogens with zero attached hydrogens (tertiary/aromatic N) is 2. The van der Waals surface area contributed by atoms with E-state index in [1.807, 2.05) is 13.0 Å². The van der Waals surface area contributed by atoms with Gasteiger partial charge in [0, 0.05) is 44.4 Å². The molecule has 1 fully saturated rings. The minimum atomic E-state index is -0.441. The van der Waals surface area contributed by atoms with Gasteiger partial charge in [-0.15, -0.1) is 0 Å².